The van der Waals surface area contributed by atoms with Crippen LogP contribution in [0.5, 0.6) is 0 Å². The second-order valence-corrected chi connectivity index (χ2v) is 8.70. The number of amides is 1. The largest absolute Gasteiger partial charge is 0.326 e. The van der Waals surface area contributed by atoms with Gasteiger partial charge in [0.15, 0.2) is 5.65 Å². The molecule has 6 nitrogen and oxygen atoms in total. The third-order valence-electron chi connectivity index (χ3n) is 5.59. The minimum Gasteiger partial charge on any atom is -0.326 e. The molecule has 1 unspecified atom stereocenters. The van der Waals surface area contributed by atoms with E-state index in [1.807, 2.05) is 41.8 Å². The van der Waals surface area contributed by atoms with Crippen molar-refractivity contribution < 1.29 is 9.59 Å². The number of carbonyl (C=O) groups is 2. The van der Waals surface area contributed by atoms with E-state index in [0.29, 0.717) is 16.1 Å². The number of thiophene rings is 1. The van der Waals surface area contributed by atoms with Crippen LogP contribution in [0.15, 0.2) is 60.2 Å². The second kappa shape index (κ2) is 9.87. The van der Waals surface area contributed by atoms with Gasteiger partial charge in [-0.25, -0.2) is 9.50 Å². The first-order valence-electron chi connectivity index (χ1n) is 10.9. The van der Waals surface area contributed by atoms with E-state index in [9.17, 15) is 9.59 Å². The molecule has 164 valence electrons. The van der Waals surface area contributed by atoms with E-state index >= 15 is 0 Å². The topological polar surface area (TPSA) is 76.4 Å². The van der Waals surface area contributed by atoms with E-state index in [1.165, 1.54) is 11.3 Å². The van der Waals surface area contributed by atoms with Crippen LogP contribution in [0.2, 0.25) is 0 Å². The van der Waals surface area contributed by atoms with Crippen LogP contribution in [0.4, 0.5) is 5.69 Å². The van der Waals surface area contributed by atoms with Crippen molar-refractivity contribution in [2.75, 3.05) is 5.32 Å². The van der Waals surface area contributed by atoms with Gasteiger partial charge in [0.1, 0.15) is 0 Å². The van der Waals surface area contributed by atoms with Crippen LogP contribution >= 0.6 is 11.3 Å². The van der Waals surface area contributed by atoms with Crippen LogP contribution in [-0.4, -0.2) is 26.3 Å². The fourth-order valence-electron chi connectivity index (χ4n) is 3.78. The van der Waals surface area contributed by atoms with Crippen LogP contribution in [0.25, 0.3) is 16.9 Å². The van der Waals surface area contributed by atoms with Gasteiger partial charge >= 0.3 is 0 Å². The van der Waals surface area contributed by atoms with Gasteiger partial charge in [-0.05, 0) is 42.5 Å². The molecule has 4 rings (SSSR count). The highest BCUT2D eigenvalue weighted by Crippen LogP contribution is 2.26. The SMILES string of the molecule is CCCCC(CC)C(=O)Nc1cccc(-c2ccnc3c(C(=O)c4cccs4)cnn23)c1. The Bertz CT molecular complexity index is 1230. The number of unbranched alkanes of at least 4 members (excludes halogenated alkanes) is 1. The summed E-state index contributed by atoms with van der Waals surface area (Å²) in [5, 5.41) is 9.39. The molecule has 1 N–H and O–H groups in total. The monoisotopic (exact) mass is 446 g/mol. The lowest BCUT2D eigenvalue weighted by Crippen LogP contribution is -2.22. The van der Waals surface area contributed by atoms with Gasteiger partial charge in [-0.1, -0.05) is 44.9 Å². The summed E-state index contributed by atoms with van der Waals surface area (Å²) in [6.45, 7) is 4.19. The number of benzene rings is 1. The van der Waals surface area contributed by atoms with Gasteiger partial charge in [0.05, 0.1) is 22.3 Å². The standard InChI is InChI=1S/C25H26N4O2S/c1-3-5-8-17(4-2)25(31)28-19-10-6-9-18(15-19)21-12-13-26-24-20(16-27-29(21)24)23(30)22-11-7-14-32-22/h6-7,9-17H,3-5,8H2,1-2H3,(H,28,31). The third-order valence-corrected chi connectivity index (χ3v) is 6.46. The first kappa shape index (κ1) is 21.9. The van der Waals surface area contributed by atoms with Crippen molar-refractivity contribution in [1.82, 2.24) is 14.6 Å². The molecule has 0 fully saturated rings. The molecule has 32 heavy (non-hydrogen) atoms. The molecule has 0 bridgehead atoms. The van der Waals surface area contributed by atoms with Crippen molar-refractivity contribution >= 4 is 34.4 Å². The molecule has 7 heteroatoms. The maximum atomic E-state index is 12.8. The highest BCUT2D eigenvalue weighted by molar-refractivity contribution is 7.12. The Hall–Kier alpha value is -3.32. The summed E-state index contributed by atoms with van der Waals surface area (Å²) < 4.78 is 1.68. The molecule has 0 aliphatic carbocycles. The van der Waals surface area contributed by atoms with Gasteiger partial charge in [-0.15, -0.1) is 11.3 Å². The molecule has 1 atom stereocenters. The Kier molecular flexibility index (Phi) is 6.75. The summed E-state index contributed by atoms with van der Waals surface area (Å²) in [6.07, 6.45) is 7.10. The number of aromatic nitrogens is 3. The van der Waals surface area contributed by atoms with Gasteiger partial charge in [0.25, 0.3) is 0 Å². The fourth-order valence-corrected chi connectivity index (χ4v) is 4.46. The van der Waals surface area contributed by atoms with Crippen molar-refractivity contribution in [1.29, 1.82) is 0 Å². The lowest BCUT2D eigenvalue weighted by Gasteiger charge is -2.15. The Morgan fingerprint density at radius 2 is 2.03 bits per heavy atom. The molecule has 0 saturated carbocycles. The average molecular weight is 447 g/mol. The number of nitrogens with zero attached hydrogens (tertiary/aromatic N) is 3. The van der Waals surface area contributed by atoms with Crippen molar-refractivity contribution in [2.45, 2.75) is 39.5 Å². The molecule has 1 aromatic carbocycles. The quantitative estimate of drug-likeness (QED) is 0.328. The van der Waals surface area contributed by atoms with E-state index < -0.39 is 0 Å². The number of carbonyl (C=O) groups excluding carboxylic acids is 2. The zero-order chi connectivity index (χ0) is 22.5. The van der Waals surface area contributed by atoms with Gasteiger partial charge in [0.2, 0.25) is 11.7 Å². The summed E-state index contributed by atoms with van der Waals surface area (Å²) in [7, 11) is 0. The minimum absolute atomic E-state index is 0.0168. The number of rotatable bonds is 9. The molecule has 0 saturated heterocycles. The van der Waals surface area contributed by atoms with Crippen LogP contribution in [0.1, 0.15) is 54.8 Å². The predicted octanol–water partition coefficient (Wildman–Crippen LogP) is 5.84. The molecular formula is C25H26N4O2S. The van der Waals surface area contributed by atoms with Gasteiger partial charge in [0, 0.05) is 23.4 Å². The fraction of sp³-hybridized carbons (Fsp3) is 0.280. The van der Waals surface area contributed by atoms with Crippen LogP contribution in [-0.2, 0) is 4.79 Å². The Morgan fingerprint density at radius 3 is 2.78 bits per heavy atom. The number of fused-ring (bicyclic) bond motifs is 1. The van der Waals surface area contributed by atoms with Crippen molar-refractivity contribution in [3.8, 4) is 11.3 Å². The Labute approximate surface area is 191 Å². The molecule has 4 aromatic rings. The number of nitrogens with one attached hydrogen (secondary N) is 1. The van der Waals surface area contributed by atoms with Crippen molar-refractivity contribution in [3.63, 3.8) is 0 Å². The third kappa shape index (κ3) is 4.48. The molecule has 0 aliphatic rings. The summed E-state index contributed by atoms with van der Waals surface area (Å²) in [5.74, 6) is -0.0116. The molecule has 0 radical (unpaired) electrons. The number of hydrogen-bond donors (Lipinski definition) is 1. The normalized spacial score (nSPS) is 12.1. The first-order valence-corrected chi connectivity index (χ1v) is 11.8. The summed E-state index contributed by atoms with van der Waals surface area (Å²) in [6, 6.07) is 13.2. The number of ketones is 1. The smallest absolute Gasteiger partial charge is 0.227 e. The molecule has 3 aromatic heterocycles. The zero-order valence-electron chi connectivity index (χ0n) is 18.2. The van der Waals surface area contributed by atoms with E-state index in [4.69, 9.17) is 0 Å². The maximum Gasteiger partial charge on any atom is 0.227 e. The van der Waals surface area contributed by atoms with E-state index in [2.05, 4.69) is 29.2 Å². The predicted molar refractivity (Wildman–Crippen MR) is 128 cm³/mol. The summed E-state index contributed by atoms with van der Waals surface area (Å²) in [5.41, 5.74) is 3.42. The zero-order valence-corrected chi connectivity index (χ0v) is 19.1. The minimum atomic E-state index is -0.0849. The first-order chi connectivity index (χ1) is 15.6. The van der Waals surface area contributed by atoms with E-state index in [-0.39, 0.29) is 17.6 Å². The highest BCUT2D eigenvalue weighted by atomic mass is 32.1. The van der Waals surface area contributed by atoms with Gasteiger partial charge < -0.3 is 5.32 Å². The lowest BCUT2D eigenvalue weighted by molar-refractivity contribution is -0.120. The second-order valence-electron chi connectivity index (χ2n) is 7.75. The van der Waals surface area contributed by atoms with E-state index in [1.54, 1.807) is 23.0 Å². The van der Waals surface area contributed by atoms with Crippen LogP contribution in [0, 0.1) is 5.92 Å². The molecule has 0 spiro atoms. The van der Waals surface area contributed by atoms with Crippen molar-refractivity contribution in [2.24, 2.45) is 5.92 Å². The highest BCUT2D eigenvalue weighted by Gasteiger charge is 2.19. The summed E-state index contributed by atoms with van der Waals surface area (Å²) in [4.78, 5) is 30.6. The average Bonchev–Trinajstić information content (AvgIpc) is 3.49. The van der Waals surface area contributed by atoms with Crippen molar-refractivity contribution in [3.05, 3.63) is 70.7 Å². The van der Waals surface area contributed by atoms with Gasteiger partial charge in [-0.2, -0.15) is 5.10 Å². The van der Waals surface area contributed by atoms with Crippen LogP contribution < -0.4 is 5.32 Å². The van der Waals surface area contributed by atoms with Crippen LogP contribution in [0.3, 0.4) is 0 Å². The molecule has 3 heterocycles. The Morgan fingerprint density at radius 1 is 1.16 bits per heavy atom. The summed E-state index contributed by atoms with van der Waals surface area (Å²) >= 11 is 1.40. The number of anilines is 1. The molecular weight excluding hydrogens is 420 g/mol. The van der Waals surface area contributed by atoms with Gasteiger partial charge in [-0.3, -0.25) is 9.59 Å². The Balaban J connectivity index is 1.63. The lowest BCUT2D eigenvalue weighted by atomic mass is 9.98. The maximum absolute atomic E-state index is 12.8. The molecule has 0 aliphatic heterocycles. The van der Waals surface area contributed by atoms with E-state index in [0.717, 1.165) is 42.6 Å². The molecule has 1 amide bonds. The number of hydrogen-bond acceptors (Lipinski definition) is 5.